The van der Waals surface area contributed by atoms with E-state index < -0.39 is 0 Å². The minimum atomic E-state index is 0.649. The molecule has 0 fully saturated rings. The number of aryl methyl sites for hydroxylation is 1. The smallest absolute Gasteiger partial charge is 0.137 e. The van der Waals surface area contributed by atoms with Gasteiger partial charge in [-0.3, -0.25) is 0 Å². The van der Waals surface area contributed by atoms with Crippen molar-refractivity contribution in [1.82, 2.24) is 15.0 Å². The van der Waals surface area contributed by atoms with Crippen molar-refractivity contribution < 1.29 is 4.74 Å². The van der Waals surface area contributed by atoms with E-state index in [1.165, 1.54) is 0 Å². The molecule has 0 saturated carbocycles. The molecule has 0 spiro atoms. The van der Waals surface area contributed by atoms with E-state index in [-0.39, 0.29) is 0 Å². The van der Waals surface area contributed by atoms with Crippen LogP contribution in [0, 0.1) is 0 Å². The summed E-state index contributed by atoms with van der Waals surface area (Å²) in [6.45, 7) is 1.49. The molecule has 0 aliphatic heterocycles. The number of halogens is 1. The van der Waals surface area contributed by atoms with Crippen LogP contribution in [0.4, 0.5) is 0 Å². The van der Waals surface area contributed by atoms with Gasteiger partial charge in [0.15, 0.2) is 0 Å². The normalized spacial score (nSPS) is 10.9. The summed E-state index contributed by atoms with van der Waals surface area (Å²) in [6, 6.07) is 15.5. The third-order valence-corrected chi connectivity index (χ3v) is 3.59. The molecule has 0 aliphatic carbocycles. The molecule has 4 nitrogen and oxygen atoms in total. The second-order valence-electron chi connectivity index (χ2n) is 4.79. The highest BCUT2D eigenvalue weighted by atomic mass is 35.5. The molecule has 0 saturated heterocycles. The summed E-state index contributed by atoms with van der Waals surface area (Å²) >= 11 is 6.04. The topological polar surface area (TPSA) is 39.9 Å². The predicted molar refractivity (Wildman–Crippen MR) is 83.7 cm³/mol. The fourth-order valence-electron chi connectivity index (χ4n) is 2.19. The Hall–Kier alpha value is -2.07. The van der Waals surface area contributed by atoms with Crippen LogP contribution in [0.3, 0.4) is 0 Å². The molecule has 0 amide bonds. The van der Waals surface area contributed by atoms with Crippen molar-refractivity contribution in [1.29, 1.82) is 0 Å². The van der Waals surface area contributed by atoms with E-state index in [4.69, 9.17) is 16.3 Å². The molecule has 3 rings (SSSR count). The van der Waals surface area contributed by atoms with Gasteiger partial charge in [-0.15, -0.1) is 5.10 Å². The average molecular weight is 302 g/mol. The van der Waals surface area contributed by atoms with Crippen LogP contribution in [-0.4, -0.2) is 21.6 Å². The standard InChI is InChI=1S/C16H16ClN3O/c17-13-7-1-4-10-16(13)21-12-6-5-11-20-15-9-3-2-8-14(15)18-19-20/h1-4,7-10H,5-6,11-12H2. The number of ether oxygens (including phenoxy) is 1. The lowest BCUT2D eigenvalue weighted by Gasteiger charge is -2.07. The molecular formula is C16H16ClN3O. The molecule has 0 bridgehead atoms. The quantitative estimate of drug-likeness (QED) is 0.647. The first-order chi connectivity index (χ1) is 10.3. The number of para-hydroxylation sites is 2. The summed E-state index contributed by atoms with van der Waals surface area (Å²) in [4.78, 5) is 0. The summed E-state index contributed by atoms with van der Waals surface area (Å²) in [7, 11) is 0. The zero-order valence-corrected chi connectivity index (χ0v) is 12.3. The summed E-state index contributed by atoms with van der Waals surface area (Å²) < 4.78 is 7.60. The predicted octanol–water partition coefficient (Wildman–Crippen LogP) is 3.94. The largest absolute Gasteiger partial charge is 0.492 e. The van der Waals surface area contributed by atoms with Crippen LogP contribution < -0.4 is 4.74 Å². The number of nitrogens with zero attached hydrogens (tertiary/aromatic N) is 3. The minimum Gasteiger partial charge on any atom is -0.492 e. The van der Waals surface area contributed by atoms with Gasteiger partial charge in [-0.05, 0) is 37.1 Å². The van der Waals surface area contributed by atoms with Crippen LogP contribution in [-0.2, 0) is 6.54 Å². The van der Waals surface area contributed by atoms with Crippen molar-refractivity contribution in [3.8, 4) is 5.75 Å². The van der Waals surface area contributed by atoms with E-state index in [1.807, 2.05) is 53.2 Å². The molecule has 1 aromatic heterocycles. The summed E-state index contributed by atoms with van der Waals surface area (Å²) in [6.07, 6.45) is 1.93. The molecule has 0 atom stereocenters. The van der Waals surface area contributed by atoms with Crippen LogP contribution in [0.1, 0.15) is 12.8 Å². The monoisotopic (exact) mass is 301 g/mol. The lowest BCUT2D eigenvalue weighted by molar-refractivity contribution is 0.302. The fraction of sp³-hybridized carbons (Fsp3) is 0.250. The van der Waals surface area contributed by atoms with Gasteiger partial charge < -0.3 is 4.74 Å². The molecule has 0 radical (unpaired) electrons. The summed E-state index contributed by atoms with van der Waals surface area (Å²) in [5, 5.41) is 8.96. The number of rotatable bonds is 6. The number of aromatic nitrogens is 3. The molecule has 5 heteroatoms. The highest BCUT2D eigenvalue weighted by Crippen LogP contribution is 2.23. The van der Waals surface area contributed by atoms with Gasteiger partial charge in [0.25, 0.3) is 0 Å². The van der Waals surface area contributed by atoms with E-state index in [0.717, 1.165) is 36.2 Å². The number of hydrogen-bond acceptors (Lipinski definition) is 3. The van der Waals surface area contributed by atoms with E-state index in [0.29, 0.717) is 11.6 Å². The molecule has 108 valence electrons. The highest BCUT2D eigenvalue weighted by Gasteiger charge is 2.03. The van der Waals surface area contributed by atoms with E-state index >= 15 is 0 Å². The fourth-order valence-corrected chi connectivity index (χ4v) is 2.38. The van der Waals surface area contributed by atoms with Crippen LogP contribution in [0.2, 0.25) is 5.02 Å². The van der Waals surface area contributed by atoms with Crippen molar-refractivity contribution in [3.63, 3.8) is 0 Å². The maximum atomic E-state index is 6.04. The lowest BCUT2D eigenvalue weighted by atomic mass is 10.3. The molecule has 0 aliphatic rings. The van der Waals surface area contributed by atoms with Gasteiger partial charge in [0.05, 0.1) is 17.1 Å². The van der Waals surface area contributed by atoms with Crippen molar-refractivity contribution in [2.75, 3.05) is 6.61 Å². The van der Waals surface area contributed by atoms with E-state index in [9.17, 15) is 0 Å². The molecule has 2 aromatic carbocycles. The Morgan fingerprint density at radius 1 is 1.00 bits per heavy atom. The molecular weight excluding hydrogens is 286 g/mol. The number of hydrogen-bond donors (Lipinski definition) is 0. The first-order valence-electron chi connectivity index (χ1n) is 7.00. The van der Waals surface area contributed by atoms with Gasteiger partial charge in [0.1, 0.15) is 11.3 Å². The first-order valence-corrected chi connectivity index (χ1v) is 7.38. The van der Waals surface area contributed by atoms with Crippen LogP contribution >= 0.6 is 11.6 Å². The Balaban J connectivity index is 1.47. The van der Waals surface area contributed by atoms with Gasteiger partial charge in [-0.2, -0.15) is 0 Å². The van der Waals surface area contributed by atoms with Crippen LogP contribution in [0.25, 0.3) is 11.0 Å². The SMILES string of the molecule is Clc1ccccc1OCCCCn1nnc2ccccc21. The molecule has 1 heterocycles. The van der Waals surface area contributed by atoms with E-state index in [1.54, 1.807) is 0 Å². The van der Waals surface area contributed by atoms with Crippen LogP contribution in [0.5, 0.6) is 5.75 Å². The third kappa shape index (κ3) is 3.34. The Morgan fingerprint density at radius 3 is 2.71 bits per heavy atom. The molecule has 0 unspecified atom stereocenters. The van der Waals surface area contributed by atoms with Gasteiger partial charge in [-0.25, -0.2) is 4.68 Å². The summed E-state index contributed by atoms with van der Waals surface area (Å²) in [5.74, 6) is 0.741. The molecule has 21 heavy (non-hydrogen) atoms. The van der Waals surface area contributed by atoms with Gasteiger partial charge in [0, 0.05) is 6.54 Å². The lowest BCUT2D eigenvalue weighted by Crippen LogP contribution is -2.04. The summed E-state index contributed by atoms with van der Waals surface area (Å²) in [5.41, 5.74) is 2.01. The highest BCUT2D eigenvalue weighted by molar-refractivity contribution is 6.32. The first kappa shape index (κ1) is 13.9. The Bertz CT molecular complexity index is 726. The maximum absolute atomic E-state index is 6.04. The third-order valence-electron chi connectivity index (χ3n) is 3.28. The number of unbranched alkanes of at least 4 members (excludes halogenated alkanes) is 1. The zero-order chi connectivity index (χ0) is 14.5. The van der Waals surface area contributed by atoms with Crippen molar-refractivity contribution in [2.24, 2.45) is 0 Å². The Morgan fingerprint density at radius 2 is 1.81 bits per heavy atom. The van der Waals surface area contributed by atoms with Gasteiger partial charge in [0.2, 0.25) is 0 Å². The van der Waals surface area contributed by atoms with Crippen molar-refractivity contribution in [2.45, 2.75) is 19.4 Å². The van der Waals surface area contributed by atoms with Gasteiger partial charge >= 0.3 is 0 Å². The van der Waals surface area contributed by atoms with Crippen LogP contribution in [0.15, 0.2) is 48.5 Å². The Kier molecular flexibility index (Phi) is 4.36. The second kappa shape index (κ2) is 6.59. The second-order valence-corrected chi connectivity index (χ2v) is 5.19. The number of fused-ring (bicyclic) bond motifs is 1. The molecule has 3 aromatic rings. The van der Waals surface area contributed by atoms with Crippen molar-refractivity contribution >= 4 is 22.6 Å². The zero-order valence-electron chi connectivity index (χ0n) is 11.6. The maximum Gasteiger partial charge on any atom is 0.137 e. The van der Waals surface area contributed by atoms with E-state index in [2.05, 4.69) is 10.3 Å². The van der Waals surface area contributed by atoms with Gasteiger partial charge in [-0.1, -0.05) is 41.1 Å². The average Bonchev–Trinajstić information content (AvgIpc) is 2.92. The Labute approximate surface area is 128 Å². The van der Waals surface area contributed by atoms with Crippen molar-refractivity contribution in [3.05, 3.63) is 53.6 Å². The minimum absolute atomic E-state index is 0.649. The molecule has 0 N–H and O–H groups in total. The number of benzene rings is 2.